The first kappa shape index (κ1) is 13.7. The predicted molar refractivity (Wildman–Crippen MR) is 71.8 cm³/mol. The lowest BCUT2D eigenvalue weighted by atomic mass is 9.90. The van der Waals surface area contributed by atoms with Gasteiger partial charge in [-0.05, 0) is 29.0 Å². The molecule has 1 unspecified atom stereocenters. The molecule has 0 aliphatic heterocycles. The molecule has 1 rings (SSSR count). The van der Waals surface area contributed by atoms with Crippen molar-refractivity contribution in [2.24, 2.45) is 5.92 Å². The Morgan fingerprint density at radius 2 is 2.00 bits per heavy atom. The molecule has 0 amide bonds. The van der Waals surface area contributed by atoms with Gasteiger partial charge in [0.1, 0.15) is 0 Å². The molecule has 0 aromatic heterocycles. The minimum Gasteiger partial charge on any atom is -0.0984 e. The molecule has 0 aliphatic rings. The Labute approximate surface area is 94.3 Å². The molecule has 82 valence electrons. The molecule has 0 aliphatic carbocycles. The molecule has 1 aromatic carbocycles. The zero-order chi connectivity index (χ0) is 10.6. The third-order valence-corrected chi connectivity index (χ3v) is 2.73. The predicted octanol–water partition coefficient (Wildman–Crippen LogP) is 5.03. The number of hydrogen-bond acceptors (Lipinski definition) is 0. The van der Waals surface area contributed by atoms with Gasteiger partial charge in [0, 0.05) is 0 Å². The second kappa shape index (κ2) is 6.23. The van der Waals surface area contributed by atoms with Crippen molar-refractivity contribution in [3.05, 3.63) is 48.6 Å². The van der Waals surface area contributed by atoms with Gasteiger partial charge in [0.25, 0.3) is 0 Å². The third-order valence-electron chi connectivity index (χ3n) is 2.73. The van der Waals surface area contributed by atoms with Crippen LogP contribution in [0.1, 0.15) is 38.8 Å². The van der Waals surface area contributed by atoms with E-state index in [1.807, 2.05) is 12.1 Å². The fourth-order valence-corrected chi connectivity index (χ4v) is 1.48. The summed E-state index contributed by atoms with van der Waals surface area (Å²) >= 11 is 0. The summed E-state index contributed by atoms with van der Waals surface area (Å²) in [5, 5.41) is 0. The monoisotopic (exact) mass is 202 g/mol. The van der Waals surface area contributed by atoms with Crippen LogP contribution in [-0.4, -0.2) is 0 Å². The Morgan fingerprint density at radius 1 is 1.40 bits per heavy atom. The normalized spacial score (nSPS) is 11.3. The molecule has 0 heterocycles. The van der Waals surface area contributed by atoms with E-state index in [1.165, 1.54) is 16.7 Å². The molecule has 0 nitrogen and oxygen atoms in total. The zero-order valence-electron chi connectivity index (χ0n) is 9.09. The quantitative estimate of drug-likeness (QED) is 0.642. The molecule has 0 heteroatoms. The summed E-state index contributed by atoms with van der Waals surface area (Å²) in [7, 11) is 0. The lowest BCUT2D eigenvalue weighted by molar-refractivity contribution is 0.719. The van der Waals surface area contributed by atoms with E-state index in [2.05, 4.69) is 45.2 Å². The SMILES string of the molecule is C.C=Cc1ccccc1C(=C)C(C)CC. The van der Waals surface area contributed by atoms with Crippen molar-refractivity contribution < 1.29 is 0 Å². The van der Waals surface area contributed by atoms with Crippen LogP contribution >= 0.6 is 0 Å². The molecule has 0 spiro atoms. The van der Waals surface area contributed by atoms with Crippen LogP contribution in [0.5, 0.6) is 0 Å². The van der Waals surface area contributed by atoms with E-state index in [4.69, 9.17) is 0 Å². The maximum atomic E-state index is 4.16. The van der Waals surface area contributed by atoms with Crippen molar-refractivity contribution in [2.45, 2.75) is 27.7 Å². The average Bonchev–Trinajstić information content (AvgIpc) is 2.26. The van der Waals surface area contributed by atoms with Crippen LogP contribution in [-0.2, 0) is 0 Å². The highest BCUT2D eigenvalue weighted by molar-refractivity contribution is 5.73. The first-order valence-electron chi connectivity index (χ1n) is 5.11. The minimum atomic E-state index is 0. The van der Waals surface area contributed by atoms with Crippen LogP contribution in [0.25, 0.3) is 11.6 Å². The topological polar surface area (TPSA) is 0 Å². The Morgan fingerprint density at radius 3 is 2.53 bits per heavy atom. The van der Waals surface area contributed by atoms with Crippen molar-refractivity contribution in [3.63, 3.8) is 0 Å². The number of benzene rings is 1. The van der Waals surface area contributed by atoms with Gasteiger partial charge in [0.2, 0.25) is 0 Å². The number of rotatable bonds is 4. The van der Waals surface area contributed by atoms with Crippen molar-refractivity contribution in [1.29, 1.82) is 0 Å². The smallest absolute Gasteiger partial charge is 0.0155 e. The van der Waals surface area contributed by atoms with Crippen molar-refractivity contribution in [1.82, 2.24) is 0 Å². The Hall–Kier alpha value is -1.30. The largest absolute Gasteiger partial charge is 0.0984 e. The van der Waals surface area contributed by atoms with E-state index in [-0.39, 0.29) is 7.43 Å². The highest BCUT2D eigenvalue weighted by Gasteiger charge is 2.08. The van der Waals surface area contributed by atoms with E-state index in [0.717, 1.165) is 6.42 Å². The van der Waals surface area contributed by atoms with E-state index in [0.29, 0.717) is 5.92 Å². The van der Waals surface area contributed by atoms with E-state index >= 15 is 0 Å². The molecular formula is C15H22. The first-order valence-corrected chi connectivity index (χ1v) is 5.11. The second-order valence-corrected chi connectivity index (χ2v) is 3.63. The van der Waals surface area contributed by atoms with E-state index in [9.17, 15) is 0 Å². The molecule has 1 aromatic rings. The van der Waals surface area contributed by atoms with Gasteiger partial charge in [0.05, 0.1) is 0 Å². The third kappa shape index (κ3) is 3.09. The standard InChI is InChI=1S/C14H18.CH4/c1-5-11(3)12(4)14-10-8-7-9-13(14)6-2;/h6-11H,2,4-5H2,1,3H3;1H4. The maximum absolute atomic E-state index is 4.16. The zero-order valence-corrected chi connectivity index (χ0v) is 9.09. The molecule has 0 fully saturated rings. The molecule has 0 saturated heterocycles. The van der Waals surface area contributed by atoms with Gasteiger partial charge in [0.15, 0.2) is 0 Å². The van der Waals surface area contributed by atoms with Crippen LogP contribution in [0, 0.1) is 5.92 Å². The average molecular weight is 202 g/mol. The first-order chi connectivity index (χ1) is 6.70. The van der Waals surface area contributed by atoms with Gasteiger partial charge in [-0.15, -0.1) is 0 Å². The number of allylic oxidation sites excluding steroid dienone is 1. The molecule has 0 radical (unpaired) electrons. The molecule has 15 heavy (non-hydrogen) atoms. The summed E-state index contributed by atoms with van der Waals surface area (Å²) < 4.78 is 0. The Balaban J connectivity index is 0.00000196. The number of hydrogen-bond donors (Lipinski definition) is 0. The molecule has 0 bridgehead atoms. The molecular weight excluding hydrogens is 180 g/mol. The van der Waals surface area contributed by atoms with Gasteiger partial charge < -0.3 is 0 Å². The maximum Gasteiger partial charge on any atom is -0.0155 e. The van der Waals surface area contributed by atoms with Crippen LogP contribution in [0.15, 0.2) is 37.4 Å². The van der Waals surface area contributed by atoms with E-state index < -0.39 is 0 Å². The van der Waals surface area contributed by atoms with Crippen molar-refractivity contribution >= 4 is 11.6 Å². The molecule has 1 atom stereocenters. The summed E-state index contributed by atoms with van der Waals surface area (Å²) in [5.74, 6) is 0.538. The van der Waals surface area contributed by atoms with Gasteiger partial charge in [-0.3, -0.25) is 0 Å². The lowest BCUT2D eigenvalue weighted by Gasteiger charge is -2.14. The van der Waals surface area contributed by atoms with Crippen molar-refractivity contribution in [2.75, 3.05) is 0 Å². The van der Waals surface area contributed by atoms with Gasteiger partial charge >= 0.3 is 0 Å². The van der Waals surface area contributed by atoms with Crippen LogP contribution in [0.2, 0.25) is 0 Å². The summed E-state index contributed by atoms with van der Waals surface area (Å²) in [6.07, 6.45) is 3.02. The highest BCUT2D eigenvalue weighted by Crippen LogP contribution is 2.26. The fourth-order valence-electron chi connectivity index (χ4n) is 1.48. The Kier molecular flexibility index (Phi) is 5.69. The second-order valence-electron chi connectivity index (χ2n) is 3.63. The summed E-state index contributed by atoms with van der Waals surface area (Å²) in [4.78, 5) is 0. The van der Waals surface area contributed by atoms with E-state index in [1.54, 1.807) is 0 Å². The summed E-state index contributed by atoms with van der Waals surface area (Å²) in [6.45, 7) is 12.4. The molecule has 0 saturated carbocycles. The summed E-state index contributed by atoms with van der Waals surface area (Å²) in [5.41, 5.74) is 3.62. The lowest BCUT2D eigenvalue weighted by Crippen LogP contribution is -1.97. The van der Waals surface area contributed by atoms with Crippen LogP contribution in [0.3, 0.4) is 0 Å². The van der Waals surface area contributed by atoms with Crippen molar-refractivity contribution in [3.8, 4) is 0 Å². The van der Waals surface area contributed by atoms with Gasteiger partial charge in [-0.25, -0.2) is 0 Å². The van der Waals surface area contributed by atoms with Crippen LogP contribution in [0.4, 0.5) is 0 Å². The fraction of sp³-hybridized carbons (Fsp3) is 0.333. The van der Waals surface area contributed by atoms with Gasteiger partial charge in [-0.2, -0.15) is 0 Å². The Bertz CT molecular complexity index is 334. The molecule has 0 N–H and O–H groups in total. The van der Waals surface area contributed by atoms with Gasteiger partial charge in [-0.1, -0.05) is 64.8 Å². The minimum absolute atomic E-state index is 0. The van der Waals surface area contributed by atoms with Crippen LogP contribution < -0.4 is 0 Å². The highest BCUT2D eigenvalue weighted by atomic mass is 14.1. The summed E-state index contributed by atoms with van der Waals surface area (Å²) in [6, 6.07) is 8.28.